The number of hydrogen-bond donors (Lipinski definition) is 5. The van der Waals surface area contributed by atoms with Crippen molar-refractivity contribution >= 4 is 0 Å². The molecule has 0 aliphatic carbocycles. The van der Waals surface area contributed by atoms with Crippen molar-refractivity contribution in [3.05, 3.63) is 17.7 Å². The van der Waals surface area contributed by atoms with Crippen LogP contribution in [0.4, 0.5) is 0 Å². The van der Waals surface area contributed by atoms with Crippen LogP contribution >= 0.6 is 0 Å². The number of nitrogens with one attached hydrogen (secondary N) is 1. The topological polar surface area (TPSA) is 93.0 Å². The van der Waals surface area contributed by atoms with Crippen LogP contribution in [0.2, 0.25) is 0 Å². The molecule has 1 aromatic carbocycles. The van der Waals surface area contributed by atoms with E-state index in [1.165, 1.54) is 6.07 Å². The molecule has 0 saturated carbocycles. The maximum atomic E-state index is 9.59. The van der Waals surface area contributed by atoms with Crippen LogP contribution in [0.1, 0.15) is 25.3 Å². The average molecular weight is 241 g/mol. The first-order valence-electron chi connectivity index (χ1n) is 5.67. The number of benzene rings is 1. The molecule has 5 nitrogen and oxygen atoms in total. The maximum Gasteiger partial charge on any atom is 0.200 e. The van der Waals surface area contributed by atoms with Gasteiger partial charge in [0.2, 0.25) is 5.75 Å². The van der Waals surface area contributed by atoms with Crippen LogP contribution in [-0.2, 0) is 6.54 Å². The minimum Gasteiger partial charge on any atom is -0.504 e. The first kappa shape index (κ1) is 13.6. The second-order valence-corrected chi connectivity index (χ2v) is 3.94. The zero-order chi connectivity index (χ0) is 12.8. The Balaban J connectivity index is 2.66. The molecule has 1 atom stereocenters. The molecule has 0 saturated heterocycles. The van der Waals surface area contributed by atoms with E-state index in [0.29, 0.717) is 18.5 Å². The molecule has 0 bridgehead atoms. The molecule has 5 N–H and O–H groups in total. The molecule has 17 heavy (non-hydrogen) atoms. The summed E-state index contributed by atoms with van der Waals surface area (Å²) >= 11 is 0. The lowest BCUT2D eigenvalue weighted by Gasteiger charge is -2.16. The Bertz CT molecular complexity index is 368. The summed E-state index contributed by atoms with van der Waals surface area (Å²) in [5.41, 5.74) is 0.511. The fourth-order valence-electron chi connectivity index (χ4n) is 1.61. The summed E-state index contributed by atoms with van der Waals surface area (Å²) in [5, 5.41) is 40.1. The third-order valence-electron chi connectivity index (χ3n) is 2.77. The highest BCUT2D eigenvalue weighted by Crippen LogP contribution is 2.36. The van der Waals surface area contributed by atoms with E-state index in [0.717, 1.165) is 6.42 Å². The maximum absolute atomic E-state index is 9.59. The van der Waals surface area contributed by atoms with Gasteiger partial charge in [-0.3, -0.25) is 0 Å². The normalized spacial score (nSPS) is 12.6. The van der Waals surface area contributed by atoms with Gasteiger partial charge in [-0.25, -0.2) is 0 Å². The molecule has 96 valence electrons. The van der Waals surface area contributed by atoms with Crippen LogP contribution in [0.25, 0.3) is 0 Å². The standard InChI is InChI=1S/C12H19NO4/c1-2-9(5-6-14)13-7-8-3-4-10(15)12(17)11(8)16/h3-4,9,13-17H,2,5-7H2,1H3. The number of aliphatic hydroxyl groups excluding tert-OH is 1. The van der Waals surface area contributed by atoms with Gasteiger partial charge in [-0.15, -0.1) is 0 Å². The van der Waals surface area contributed by atoms with E-state index in [1.807, 2.05) is 6.92 Å². The van der Waals surface area contributed by atoms with E-state index < -0.39 is 5.75 Å². The van der Waals surface area contributed by atoms with E-state index in [1.54, 1.807) is 6.07 Å². The van der Waals surface area contributed by atoms with Gasteiger partial charge in [0.25, 0.3) is 0 Å². The summed E-state index contributed by atoms with van der Waals surface area (Å²) in [4.78, 5) is 0. The summed E-state index contributed by atoms with van der Waals surface area (Å²) in [6.07, 6.45) is 1.51. The van der Waals surface area contributed by atoms with E-state index >= 15 is 0 Å². The molecule has 0 fully saturated rings. The molecule has 0 heterocycles. The largest absolute Gasteiger partial charge is 0.504 e. The Morgan fingerprint density at radius 1 is 1.18 bits per heavy atom. The second kappa shape index (κ2) is 6.32. The molecule has 0 aliphatic heterocycles. The highest BCUT2D eigenvalue weighted by Gasteiger charge is 2.12. The number of hydrogen-bond acceptors (Lipinski definition) is 5. The minimum atomic E-state index is -0.500. The Kier molecular flexibility index (Phi) is 5.06. The van der Waals surface area contributed by atoms with Crippen LogP contribution < -0.4 is 5.32 Å². The zero-order valence-electron chi connectivity index (χ0n) is 9.85. The van der Waals surface area contributed by atoms with Gasteiger partial charge in [0.1, 0.15) is 0 Å². The molecule has 1 unspecified atom stereocenters. The first-order chi connectivity index (χ1) is 8.10. The van der Waals surface area contributed by atoms with Crippen molar-refractivity contribution in [1.82, 2.24) is 5.32 Å². The molecule has 0 radical (unpaired) electrons. The molecular formula is C12H19NO4. The van der Waals surface area contributed by atoms with Crippen LogP contribution in [-0.4, -0.2) is 33.1 Å². The van der Waals surface area contributed by atoms with Crippen LogP contribution in [0.5, 0.6) is 17.2 Å². The number of phenols is 3. The van der Waals surface area contributed by atoms with Crippen molar-refractivity contribution in [1.29, 1.82) is 0 Å². The second-order valence-electron chi connectivity index (χ2n) is 3.94. The third-order valence-corrected chi connectivity index (χ3v) is 2.77. The SMILES string of the molecule is CCC(CCO)NCc1ccc(O)c(O)c1O. The van der Waals surface area contributed by atoms with E-state index in [4.69, 9.17) is 10.2 Å². The highest BCUT2D eigenvalue weighted by atomic mass is 16.3. The van der Waals surface area contributed by atoms with Crippen LogP contribution in [0.3, 0.4) is 0 Å². The van der Waals surface area contributed by atoms with Gasteiger partial charge in [-0.2, -0.15) is 0 Å². The summed E-state index contributed by atoms with van der Waals surface area (Å²) in [7, 11) is 0. The fraction of sp³-hybridized carbons (Fsp3) is 0.500. The van der Waals surface area contributed by atoms with Crippen molar-refractivity contribution in [2.45, 2.75) is 32.4 Å². The summed E-state index contributed by atoms with van der Waals surface area (Å²) in [5.74, 6) is -1.15. The quantitative estimate of drug-likeness (QED) is 0.480. The van der Waals surface area contributed by atoms with Crippen molar-refractivity contribution in [2.75, 3.05) is 6.61 Å². The third kappa shape index (κ3) is 3.51. The number of phenolic OH excluding ortho intramolecular Hbond substituents is 3. The average Bonchev–Trinajstić information content (AvgIpc) is 2.33. The van der Waals surface area contributed by atoms with Gasteiger partial charge < -0.3 is 25.7 Å². The molecule has 0 spiro atoms. The summed E-state index contributed by atoms with van der Waals surface area (Å²) < 4.78 is 0. The first-order valence-corrected chi connectivity index (χ1v) is 5.67. The summed E-state index contributed by atoms with van der Waals surface area (Å²) in [6, 6.07) is 3.04. The number of rotatable bonds is 6. The van der Waals surface area contributed by atoms with Gasteiger partial charge in [-0.1, -0.05) is 13.0 Å². The predicted octanol–water partition coefficient (Wildman–Crippen LogP) is 1.05. The smallest absolute Gasteiger partial charge is 0.200 e. The Labute approximate surface area is 100 Å². The van der Waals surface area contributed by atoms with Crippen LogP contribution in [0, 0.1) is 0 Å². The summed E-state index contributed by atoms with van der Waals surface area (Å²) in [6.45, 7) is 2.48. The monoisotopic (exact) mass is 241 g/mol. The molecule has 0 amide bonds. The lowest BCUT2D eigenvalue weighted by atomic mass is 10.1. The van der Waals surface area contributed by atoms with E-state index in [-0.39, 0.29) is 24.1 Å². The molecule has 1 aromatic rings. The minimum absolute atomic E-state index is 0.109. The molecular weight excluding hydrogens is 222 g/mol. The molecule has 5 heteroatoms. The van der Waals surface area contributed by atoms with Crippen molar-refractivity contribution in [3.8, 4) is 17.2 Å². The molecule has 0 aliphatic rings. The van der Waals surface area contributed by atoms with Gasteiger partial charge in [0, 0.05) is 24.8 Å². The van der Waals surface area contributed by atoms with Crippen molar-refractivity contribution in [3.63, 3.8) is 0 Å². The van der Waals surface area contributed by atoms with Gasteiger partial charge in [0.15, 0.2) is 11.5 Å². The molecule has 0 aromatic heterocycles. The van der Waals surface area contributed by atoms with Crippen molar-refractivity contribution < 1.29 is 20.4 Å². The van der Waals surface area contributed by atoms with Gasteiger partial charge in [0.05, 0.1) is 0 Å². The fourth-order valence-corrected chi connectivity index (χ4v) is 1.61. The highest BCUT2D eigenvalue weighted by molar-refractivity contribution is 5.52. The number of aliphatic hydroxyl groups is 1. The van der Waals surface area contributed by atoms with Gasteiger partial charge in [-0.05, 0) is 18.9 Å². The predicted molar refractivity (Wildman–Crippen MR) is 64.1 cm³/mol. The lowest BCUT2D eigenvalue weighted by molar-refractivity contribution is 0.261. The Hall–Kier alpha value is -1.46. The zero-order valence-corrected chi connectivity index (χ0v) is 9.85. The Morgan fingerprint density at radius 2 is 1.88 bits per heavy atom. The van der Waals surface area contributed by atoms with Crippen molar-refractivity contribution in [2.24, 2.45) is 0 Å². The molecule has 1 rings (SSSR count). The van der Waals surface area contributed by atoms with Gasteiger partial charge >= 0.3 is 0 Å². The van der Waals surface area contributed by atoms with E-state index in [2.05, 4.69) is 5.32 Å². The lowest BCUT2D eigenvalue weighted by Crippen LogP contribution is -2.28. The Morgan fingerprint density at radius 3 is 2.47 bits per heavy atom. The van der Waals surface area contributed by atoms with E-state index in [9.17, 15) is 10.2 Å². The van der Waals surface area contributed by atoms with Crippen LogP contribution in [0.15, 0.2) is 12.1 Å². The number of aromatic hydroxyl groups is 3.